The molecule has 1 aromatic carbocycles. The Labute approximate surface area is 114 Å². The van der Waals surface area contributed by atoms with Crippen molar-refractivity contribution in [2.45, 2.75) is 13.8 Å². The molecule has 0 bridgehead atoms. The minimum absolute atomic E-state index is 0.510. The second kappa shape index (κ2) is 6.09. The van der Waals surface area contributed by atoms with Gasteiger partial charge < -0.3 is 16.0 Å². The Balaban J connectivity index is 2.13. The minimum atomic E-state index is 0.510. The second-order valence-corrected chi connectivity index (χ2v) is 4.28. The van der Waals surface area contributed by atoms with Gasteiger partial charge in [0.1, 0.15) is 5.82 Å². The molecule has 4 nitrogen and oxygen atoms in total. The van der Waals surface area contributed by atoms with Crippen LogP contribution < -0.4 is 16.0 Å². The molecule has 2 aromatic rings. The second-order valence-electron chi connectivity index (χ2n) is 4.28. The van der Waals surface area contributed by atoms with Crippen LogP contribution in [0.3, 0.4) is 0 Å². The number of rotatable bonds is 5. The van der Waals surface area contributed by atoms with Crippen LogP contribution >= 0.6 is 0 Å². The fourth-order valence-corrected chi connectivity index (χ4v) is 2.02. The standard InChI is InChI=1S/C15H20N4/c1-3-19(4-2)13-9-7-12(8-10-13)18-14-6-5-11-17-15(14)16/h5-11,18H,3-4H2,1-2H3,(H2,16,17). The molecule has 0 saturated carbocycles. The van der Waals surface area contributed by atoms with Crippen molar-refractivity contribution in [1.82, 2.24) is 4.98 Å². The van der Waals surface area contributed by atoms with Gasteiger partial charge in [-0.3, -0.25) is 0 Å². The highest BCUT2D eigenvalue weighted by Crippen LogP contribution is 2.23. The number of nitrogens with one attached hydrogen (secondary N) is 1. The van der Waals surface area contributed by atoms with E-state index in [-0.39, 0.29) is 0 Å². The zero-order chi connectivity index (χ0) is 13.7. The molecule has 2 rings (SSSR count). The van der Waals surface area contributed by atoms with Gasteiger partial charge >= 0.3 is 0 Å². The third-order valence-electron chi connectivity index (χ3n) is 3.11. The van der Waals surface area contributed by atoms with Crippen LogP contribution in [0.25, 0.3) is 0 Å². The number of hydrogen-bond donors (Lipinski definition) is 2. The van der Waals surface area contributed by atoms with E-state index < -0.39 is 0 Å². The van der Waals surface area contributed by atoms with Crippen molar-refractivity contribution in [2.75, 3.05) is 29.0 Å². The van der Waals surface area contributed by atoms with E-state index in [1.54, 1.807) is 6.20 Å². The summed E-state index contributed by atoms with van der Waals surface area (Å²) in [4.78, 5) is 6.36. The molecular formula is C15H20N4. The van der Waals surface area contributed by atoms with Gasteiger partial charge in [-0.1, -0.05) is 0 Å². The Hall–Kier alpha value is -2.23. The van der Waals surface area contributed by atoms with Crippen molar-refractivity contribution in [3.05, 3.63) is 42.6 Å². The molecule has 0 aliphatic rings. The zero-order valence-electron chi connectivity index (χ0n) is 11.4. The third-order valence-corrected chi connectivity index (χ3v) is 3.11. The topological polar surface area (TPSA) is 54.2 Å². The van der Waals surface area contributed by atoms with Gasteiger partial charge in [0.25, 0.3) is 0 Å². The fourth-order valence-electron chi connectivity index (χ4n) is 2.02. The van der Waals surface area contributed by atoms with Crippen molar-refractivity contribution in [3.63, 3.8) is 0 Å². The highest BCUT2D eigenvalue weighted by molar-refractivity contribution is 5.70. The molecular weight excluding hydrogens is 236 g/mol. The normalized spacial score (nSPS) is 10.2. The Morgan fingerprint density at radius 3 is 2.37 bits per heavy atom. The molecule has 4 heteroatoms. The van der Waals surface area contributed by atoms with Crippen molar-refractivity contribution in [3.8, 4) is 0 Å². The van der Waals surface area contributed by atoms with Crippen molar-refractivity contribution >= 4 is 22.9 Å². The summed E-state index contributed by atoms with van der Waals surface area (Å²) in [6, 6.07) is 12.1. The number of pyridine rings is 1. The van der Waals surface area contributed by atoms with E-state index in [1.807, 2.05) is 12.1 Å². The van der Waals surface area contributed by atoms with Gasteiger partial charge in [0.05, 0.1) is 5.69 Å². The Morgan fingerprint density at radius 1 is 1.11 bits per heavy atom. The molecule has 0 amide bonds. The van der Waals surface area contributed by atoms with E-state index in [0.717, 1.165) is 24.5 Å². The highest BCUT2D eigenvalue weighted by Gasteiger charge is 2.03. The van der Waals surface area contributed by atoms with Crippen molar-refractivity contribution in [2.24, 2.45) is 0 Å². The number of nitrogens with two attached hydrogens (primary N) is 1. The largest absolute Gasteiger partial charge is 0.382 e. The van der Waals surface area contributed by atoms with Gasteiger partial charge in [-0.25, -0.2) is 4.98 Å². The average molecular weight is 256 g/mol. The van der Waals surface area contributed by atoms with Crippen molar-refractivity contribution < 1.29 is 0 Å². The molecule has 0 spiro atoms. The molecule has 1 heterocycles. The van der Waals surface area contributed by atoms with Crippen LogP contribution in [0.4, 0.5) is 22.9 Å². The maximum Gasteiger partial charge on any atom is 0.147 e. The van der Waals surface area contributed by atoms with Crippen LogP contribution in [-0.4, -0.2) is 18.1 Å². The summed E-state index contributed by atoms with van der Waals surface area (Å²) >= 11 is 0. The smallest absolute Gasteiger partial charge is 0.147 e. The maximum absolute atomic E-state index is 5.81. The van der Waals surface area contributed by atoms with Crippen LogP contribution in [0.2, 0.25) is 0 Å². The first-order valence-electron chi connectivity index (χ1n) is 6.57. The van der Waals surface area contributed by atoms with E-state index in [4.69, 9.17) is 5.73 Å². The summed E-state index contributed by atoms with van der Waals surface area (Å²) in [6.45, 7) is 6.34. The first kappa shape index (κ1) is 13.2. The lowest BCUT2D eigenvalue weighted by atomic mass is 10.2. The Bertz CT molecular complexity index is 518. The third kappa shape index (κ3) is 3.16. The summed E-state index contributed by atoms with van der Waals surface area (Å²) in [7, 11) is 0. The summed E-state index contributed by atoms with van der Waals surface area (Å²) in [5.41, 5.74) is 8.88. The van der Waals surface area contributed by atoms with E-state index >= 15 is 0 Å². The molecule has 3 N–H and O–H groups in total. The van der Waals surface area contributed by atoms with Crippen LogP contribution in [-0.2, 0) is 0 Å². The van der Waals surface area contributed by atoms with Crippen LogP contribution in [0, 0.1) is 0 Å². The van der Waals surface area contributed by atoms with Gasteiger partial charge in [-0.15, -0.1) is 0 Å². The quantitative estimate of drug-likeness (QED) is 0.862. The van der Waals surface area contributed by atoms with Crippen LogP contribution in [0.1, 0.15) is 13.8 Å². The number of benzene rings is 1. The fraction of sp³-hybridized carbons (Fsp3) is 0.267. The van der Waals surface area contributed by atoms with E-state index in [0.29, 0.717) is 5.82 Å². The number of anilines is 4. The molecule has 0 saturated heterocycles. The van der Waals surface area contributed by atoms with Crippen LogP contribution in [0.15, 0.2) is 42.6 Å². The molecule has 0 atom stereocenters. The van der Waals surface area contributed by atoms with Gasteiger partial charge in [0.15, 0.2) is 0 Å². The average Bonchev–Trinajstić information content (AvgIpc) is 2.44. The molecule has 100 valence electrons. The molecule has 19 heavy (non-hydrogen) atoms. The zero-order valence-corrected chi connectivity index (χ0v) is 11.4. The predicted octanol–water partition coefficient (Wildman–Crippen LogP) is 3.25. The Kier molecular flexibility index (Phi) is 4.23. The van der Waals surface area contributed by atoms with Gasteiger partial charge in [0, 0.05) is 30.7 Å². The monoisotopic (exact) mass is 256 g/mol. The number of nitrogens with zero attached hydrogens (tertiary/aromatic N) is 2. The van der Waals surface area contributed by atoms with E-state index in [1.165, 1.54) is 5.69 Å². The molecule has 0 aliphatic carbocycles. The number of nitrogen functional groups attached to an aromatic ring is 1. The molecule has 0 unspecified atom stereocenters. The van der Waals surface area contributed by atoms with E-state index in [9.17, 15) is 0 Å². The number of hydrogen-bond acceptors (Lipinski definition) is 4. The summed E-state index contributed by atoms with van der Waals surface area (Å²) in [5, 5.41) is 3.27. The molecule has 1 aromatic heterocycles. The SMILES string of the molecule is CCN(CC)c1ccc(Nc2cccnc2N)cc1. The number of aromatic nitrogens is 1. The first-order valence-corrected chi connectivity index (χ1v) is 6.57. The molecule has 0 fully saturated rings. The maximum atomic E-state index is 5.81. The summed E-state index contributed by atoms with van der Waals surface area (Å²) in [6.07, 6.45) is 1.68. The highest BCUT2D eigenvalue weighted by atomic mass is 15.1. The van der Waals surface area contributed by atoms with Crippen molar-refractivity contribution in [1.29, 1.82) is 0 Å². The van der Waals surface area contributed by atoms with Crippen LogP contribution in [0.5, 0.6) is 0 Å². The van der Waals surface area contributed by atoms with E-state index in [2.05, 4.69) is 53.3 Å². The summed E-state index contributed by atoms with van der Waals surface area (Å²) in [5.74, 6) is 0.510. The van der Waals surface area contributed by atoms with Gasteiger partial charge in [0.2, 0.25) is 0 Å². The lowest BCUT2D eigenvalue weighted by molar-refractivity contribution is 0.866. The predicted molar refractivity (Wildman–Crippen MR) is 81.9 cm³/mol. The van der Waals surface area contributed by atoms with Gasteiger partial charge in [-0.2, -0.15) is 0 Å². The summed E-state index contributed by atoms with van der Waals surface area (Å²) < 4.78 is 0. The van der Waals surface area contributed by atoms with Gasteiger partial charge in [-0.05, 0) is 50.2 Å². The lowest BCUT2D eigenvalue weighted by Crippen LogP contribution is -2.21. The molecule has 0 radical (unpaired) electrons. The Morgan fingerprint density at radius 2 is 1.79 bits per heavy atom. The molecule has 0 aliphatic heterocycles. The first-order chi connectivity index (χ1) is 9.24. The lowest BCUT2D eigenvalue weighted by Gasteiger charge is -2.21. The minimum Gasteiger partial charge on any atom is -0.382 e.